The zero-order valence-electron chi connectivity index (χ0n) is 13.2. The minimum atomic E-state index is -0.179. The van der Waals surface area contributed by atoms with Crippen molar-refractivity contribution in [3.63, 3.8) is 0 Å². The molecule has 0 atom stereocenters. The Morgan fingerprint density at radius 3 is 1.86 bits per heavy atom. The lowest BCUT2D eigenvalue weighted by molar-refractivity contribution is 0.632. The van der Waals surface area contributed by atoms with Crippen LogP contribution in [-0.2, 0) is 0 Å². The number of aryl methyl sites for hydroxylation is 3. The zero-order chi connectivity index (χ0) is 15.7. The van der Waals surface area contributed by atoms with Crippen LogP contribution in [0.2, 0.25) is 0 Å². The summed E-state index contributed by atoms with van der Waals surface area (Å²) in [5.74, 6) is -0.179. The Hall–Kier alpha value is -2.41. The molecular formula is C21H19F. The average molecular weight is 290 g/mol. The minimum absolute atomic E-state index is 0.179. The van der Waals surface area contributed by atoms with Crippen molar-refractivity contribution in [3.8, 4) is 22.3 Å². The minimum Gasteiger partial charge on any atom is -0.206 e. The molecule has 0 unspecified atom stereocenters. The monoisotopic (exact) mass is 290 g/mol. The van der Waals surface area contributed by atoms with Crippen LogP contribution >= 0.6 is 0 Å². The van der Waals surface area contributed by atoms with Crippen molar-refractivity contribution < 1.29 is 4.39 Å². The summed E-state index contributed by atoms with van der Waals surface area (Å²) in [6, 6.07) is 19.7. The van der Waals surface area contributed by atoms with Crippen LogP contribution in [0.25, 0.3) is 22.3 Å². The summed E-state index contributed by atoms with van der Waals surface area (Å²) in [6.45, 7) is 6.17. The van der Waals surface area contributed by atoms with Gasteiger partial charge in [-0.15, -0.1) is 0 Å². The first-order valence-electron chi connectivity index (χ1n) is 7.49. The molecular weight excluding hydrogens is 271 g/mol. The van der Waals surface area contributed by atoms with E-state index in [4.69, 9.17) is 0 Å². The Morgan fingerprint density at radius 1 is 0.591 bits per heavy atom. The third-order valence-corrected chi connectivity index (χ3v) is 4.17. The van der Waals surface area contributed by atoms with E-state index in [-0.39, 0.29) is 5.82 Å². The van der Waals surface area contributed by atoms with Crippen LogP contribution < -0.4 is 0 Å². The molecule has 0 N–H and O–H groups in total. The van der Waals surface area contributed by atoms with Crippen LogP contribution in [0, 0.1) is 26.6 Å². The Labute approximate surface area is 131 Å². The van der Waals surface area contributed by atoms with E-state index in [2.05, 4.69) is 13.8 Å². The summed E-state index contributed by atoms with van der Waals surface area (Å²) < 4.78 is 14.5. The molecule has 3 rings (SSSR count). The lowest BCUT2D eigenvalue weighted by atomic mass is 9.97. The summed E-state index contributed by atoms with van der Waals surface area (Å²) in [5.41, 5.74) is 7.13. The largest absolute Gasteiger partial charge is 0.206 e. The maximum absolute atomic E-state index is 14.5. The van der Waals surface area contributed by atoms with Crippen molar-refractivity contribution in [2.75, 3.05) is 0 Å². The second-order valence-corrected chi connectivity index (χ2v) is 5.86. The SMILES string of the molecule is Cc1ccc(-c2ccc(-c3ccc(C)c(C)c3)c(F)c2)cc1. The standard InChI is InChI=1S/C21H19F/c1-14-4-7-17(8-5-14)18-10-11-20(21(22)13-18)19-9-6-15(2)16(3)12-19/h4-13H,1-3H3. The first-order valence-corrected chi connectivity index (χ1v) is 7.49. The Balaban J connectivity index is 2.01. The van der Waals surface area contributed by atoms with E-state index in [1.54, 1.807) is 6.07 Å². The molecule has 0 heterocycles. The molecule has 0 nitrogen and oxygen atoms in total. The molecule has 0 fully saturated rings. The predicted molar refractivity (Wildman–Crippen MR) is 91.5 cm³/mol. The molecule has 0 saturated heterocycles. The second kappa shape index (κ2) is 5.76. The van der Waals surface area contributed by atoms with Crippen molar-refractivity contribution in [2.45, 2.75) is 20.8 Å². The van der Waals surface area contributed by atoms with E-state index < -0.39 is 0 Å². The molecule has 0 amide bonds. The van der Waals surface area contributed by atoms with E-state index in [9.17, 15) is 4.39 Å². The van der Waals surface area contributed by atoms with Gasteiger partial charge in [0.05, 0.1) is 0 Å². The van der Waals surface area contributed by atoms with Gasteiger partial charge in [-0.25, -0.2) is 4.39 Å². The highest BCUT2D eigenvalue weighted by atomic mass is 19.1. The summed E-state index contributed by atoms with van der Waals surface area (Å²) in [6.07, 6.45) is 0. The van der Waals surface area contributed by atoms with Crippen LogP contribution in [0.3, 0.4) is 0 Å². The lowest BCUT2D eigenvalue weighted by Crippen LogP contribution is -1.89. The number of benzene rings is 3. The topological polar surface area (TPSA) is 0 Å². The molecule has 3 aromatic rings. The van der Waals surface area contributed by atoms with Crippen molar-refractivity contribution in [3.05, 3.63) is 83.2 Å². The first kappa shape index (κ1) is 14.5. The second-order valence-electron chi connectivity index (χ2n) is 5.86. The van der Waals surface area contributed by atoms with Crippen LogP contribution in [0.1, 0.15) is 16.7 Å². The van der Waals surface area contributed by atoms with E-state index >= 15 is 0 Å². The lowest BCUT2D eigenvalue weighted by Gasteiger charge is -2.09. The van der Waals surface area contributed by atoms with Crippen LogP contribution in [-0.4, -0.2) is 0 Å². The highest BCUT2D eigenvalue weighted by Gasteiger charge is 2.08. The number of halogens is 1. The summed E-state index contributed by atoms with van der Waals surface area (Å²) in [7, 11) is 0. The van der Waals surface area contributed by atoms with Gasteiger partial charge in [0.25, 0.3) is 0 Å². The maximum atomic E-state index is 14.5. The first-order chi connectivity index (χ1) is 10.5. The number of rotatable bonds is 2. The van der Waals surface area contributed by atoms with Crippen molar-refractivity contribution in [2.24, 2.45) is 0 Å². The van der Waals surface area contributed by atoms with Gasteiger partial charge >= 0.3 is 0 Å². The van der Waals surface area contributed by atoms with Crippen molar-refractivity contribution in [1.82, 2.24) is 0 Å². The van der Waals surface area contributed by atoms with Gasteiger partial charge in [0.15, 0.2) is 0 Å². The van der Waals surface area contributed by atoms with Gasteiger partial charge in [0.1, 0.15) is 5.82 Å². The van der Waals surface area contributed by atoms with Gasteiger partial charge in [0, 0.05) is 5.56 Å². The van der Waals surface area contributed by atoms with Crippen molar-refractivity contribution >= 4 is 0 Å². The zero-order valence-corrected chi connectivity index (χ0v) is 13.2. The molecule has 0 aliphatic carbocycles. The van der Waals surface area contributed by atoms with Gasteiger partial charge in [-0.2, -0.15) is 0 Å². The average Bonchev–Trinajstić information content (AvgIpc) is 2.51. The fourth-order valence-corrected chi connectivity index (χ4v) is 2.58. The number of hydrogen-bond acceptors (Lipinski definition) is 0. The van der Waals surface area contributed by atoms with Gasteiger partial charge in [-0.05, 0) is 54.7 Å². The van der Waals surface area contributed by atoms with E-state index in [0.29, 0.717) is 5.56 Å². The molecule has 22 heavy (non-hydrogen) atoms. The van der Waals surface area contributed by atoms with Crippen LogP contribution in [0.15, 0.2) is 60.7 Å². The molecule has 0 spiro atoms. The molecule has 0 aliphatic heterocycles. The van der Waals surface area contributed by atoms with Crippen LogP contribution in [0.5, 0.6) is 0 Å². The molecule has 0 saturated carbocycles. The predicted octanol–water partition coefficient (Wildman–Crippen LogP) is 6.08. The summed E-state index contributed by atoms with van der Waals surface area (Å²) >= 11 is 0. The van der Waals surface area contributed by atoms with E-state index in [0.717, 1.165) is 16.7 Å². The number of hydrogen-bond donors (Lipinski definition) is 0. The van der Waals surface area contributed by atoms with Crippen LogP contribution in [0.4, 0.5) is 4.39 Å². The smallest absolute Gasteiger partial charge is 0.131 e. The van der Waals surface area contributed by atoms with E-state index in [1.165, 1.54) is 16.7 Å². The third kappa shape index (κ3) is 2.80. The molecule has 0 aromatic heterocycles. The van der Waals surface area contributed by atoms with E-state index in [1.807, 2.05) is 61.5 Å². The highest BCUT2D eigenvalue weighted by molar-refractivity contribution is 5.71. The molecule has 0 bridgehead atoms. The highest BCUT2D eigenvalue weighted by Crippen LogP contribution is 2.29. The maximum Gasteiger partial charge on any atom is 0.131 e. The fraction of sp³-hybridized carbons (Fsp3) is 0.143. The van der Waals surface area contributed by atoms with Crippen molar-refractivity contribution in [1.29, 1.82) is 0 Å². The quantitative estimate of drug-likeness (QED) is 0.536. The normalized spacial score (nSPS) is 10.7. The molecule has 110 valence electrons. The Bertz CT molecular complexity index is 814. The van der Waals surface area contributed by atoms with Gasteiger partial charge in [-0.3, -0.25) is 0 Å². The fourth-order valence-electron chi connectivity index (χ4n) is 2.58. The summed E-state index contributed by atoms with van der Waals surface area (Å²) in [5, 5.41) is 0. The summed E-state index contributed by atoms with van der Waals surface area (Å²) in [4.78, 5) is 0. The molecule has 0 radical (unpaired) electrons. The van der Waals surface area contributed by atoms with Gasteiger partial charge in [-0.1, -0.05) is 60.2 Å². The molecule has 1 heteroatoms. The van der Waals surface area contributed by atoms with Gasteiger partial charge < -0.3 is 0 Å². The van der Waals surface area contributed by atoms with Gasteiger partial charge in [0.2, 0.25) is 0 Å². The Morgan fingerprint density at radius 2 is 1.23 bits per heavy atom. The molecule has 3 aromatic carbocycles. The molecule has 0 aliphatic rings. The Kier molecular flexibility index (Phi) is 3.81. The third-order valence-electron chi connectivity index (χ3n) is 4.17.